The third kappa shape index (κ3) is 2.98. The molecule has 2 aromatic heterocycles. The number of hydrogen-bond acceptors (Lipinski definition) is 5. The molecule has 0 saturated heterocycles. The number of para-hydroxylation sites is 1. The van der Waals surface area contributed by atoms with Gasteiger partial charge in [-0.1, -0.05) is 18.2 Å². The second kappa shape index (κ2) is 6.37. The topological polar surface area (TPSA) is 62.1 Å². The molecule has 120 valence electrons. The lowest BCUT2D eigenvalue weighted by atomic mass is 10.1. The Bertz CT molecular complexity index is 851. The van der Waals surface area contributed by atoms with Crippen molar-refractivity contribution < 1.29 is 5.11 Å². The molecule has 4 rings (SSSR count). The highest BCUT2D eigenvalue weighted by molar-refractivity contribution is 5.53. The first-order valence-corrected chi connectivity index (χ1v) is 8.04. The molecular formula is C19H18N4O. The Morgan fingerprint density at radius 1 is 1.08 bits per heavy atom. The van der Waals surface area contributed by atoms with Gasteiger partial charge < -0.3 is 5.11 Å². The van der Waals surface area contributed by atoms with Crippen molar-refractivity contribution >= 4 is 0 Å². The van der Waals surface area contributed by atoms with Crippen LogP contribution in [0.2, 0.25) is 0 Å². The lowest BCUT2D eigenvalue weighted by molar-refractivity contribution is 0.238. The van der Waals surface area contributed by atoms with E-state index in [2.05, 4.69) is 14.9 Å². The molecule has 24 heavy (non-hydrogen) atoms. The first-order chi connectivity index (χ1) is 11.8. The third-order valence-electron chi connectivity index (χ3n) is 4.33. The van der Waals surface area contributed by atoms with E-state index in [1.54, 1.807) is 18.5 Å². The van der Waals surface area contributed by atoms with Gasteiger partial charge in [-0.15, -0.1) is 0 Å². The van der Waals surface area contributed by atoms with Gasteiger partial charge in [0.25, 0.3) is 0 Å². The number of aromatic nitrogens is 3. The highest BCUT2D eigenvalue weighted by atomic mass is 16.3. The summed E-state index contributed by atoms with van der Waals surface area (Å²) in [4.78, 5) is 15.7. The van der Waals surface area contributed by atoms with E-state index in [-0.39, 0.29) is 0 Å². The molecule has 0 saturated carbocycles. The summed E-state index contributed by atoms with van der Waals surface area (Å²) >= 11 is 0. The fourth-order valence-corrected chi connectivity index (χ4v) is 3.01. The van der Waals surface area contributed by atoms with Crippen LogP contribution in [0.4, 0.5) is 0 Å². The van der Waals surface area contributed by atoms with Gasteiger partial charge in [0, 0.05) is 49.4 Å². The standard InChI is InChI=1S/C19H18N4O/c24-18-6-2-1-4-16(18)12-23-9-7-14-11-21-19(22-17(14)13-23)15-5-3-8-20-10-15/h1-6,8,10-11,24H,7,9,12-13H2. The van der Waals surface area contributed by atoms with Crippen molar-refractivity contribution in [2.24, 2.45) is 0 Å². The SMILES string of the molecule is Oc1ccccc1CN1CCc2cnc(-c3cccnc3)nc2C1. The Labute approximate surface area is 140 Å². The van der Waals surface area contributed by atoms with Crippen molar-refractivity contribution in [3.63, 3.8) is 0 Å². The number of phenolic OH excluding ortho intramolecular Hbond substituents is 1. The summed E-state index contributed by atoms with van der Waals surface area (Å²) in [6.07, 6.45) is 6.39. The monoisotopic (exact) mass is 318 g/mol. The number of aromatic hydroxyl groups is 1. The van der Waals surface area contributed by atoms with E-state index in [4.69, 9.17) is 4.98 Å². The first-order valence-electron chi connectivity index (χ1n) is 8.04. The van der Waals surface area contributed by atoms with Crippen molar-refractivity contribution in [1.82, 2.24) is 19.9 Å². The van der Waals surface area contributed by atoms with Crippen LogP contribution in [-0.2, 0) is 19.5 Å². The van der Waals surface area contributed by atoms with Crippen LogP contribution in [0.5, 0.6) is 5.75 Å². The fraction of sp³-hybridized carbons (Fsp3) is 0.211. The minimum atomic E-state index is 0.349. The predicted molar refractivity (Wildman–Crippen MR) is 91.2 cm³/mol. The summed E-state index contributed by atoms with van der Waals surface area (Å²) in [5, 5.41) is 9.97. The van der Waals surface area contributed by atoms with E-state index >= 15 is 0 Å². The Hall–Kier alpha value is -2.79. The zero-order chi connectivity index (χ0) is 16.4. The minimum Gasteiger partial charge on any atom is -0.508 e. The summed E-state index contributed by atoms with van der Waals surface area (Å²) in [7, 11) is 0. The molecule has 0 atom stereocenters. The molecule has 0 amide bonds. The predicted octanol–water partition coefficient (Wildman–Crippen LogP) is 2.80. The van der Waals surface area contributed by atoms with Crippen LogP contribution in [0.15, 0.2) is 55.0 Å². The highest BCUT2D eigenvalue weighted by Crippen LogP contribution is 2.24. The molecular weight excluding hydrogens is 300 g/mol. The smallest absolute Gasteiger partial charge is 0.160 e. The average molecular weight is 318 g/mol. The molecule has 1 N–H and O–H groups in total. The second-order valence-electron chi connectivity index (χ2n) is 6.00. The lowest BCUT2D eigenvalue weighted by Gasteiger charge is -2.28. The second-order valence-corrected chi connectivity index (χ2v) is 6.00. The largest absolute Gasteiger partial charge is 0.508 e. The molecule has 0 bridgehead atoms. The Morgan fingerprint density at radius 2 is 2.00 bits per heavy atom. The maximum Gasteiger partial charge on any atom is 0.160 e. The molecule has 0 radical (unpaired) electrons. The summed E-state index contributed by atoms with van der Waals surface area (Å²) in [5.41, 5.74) is 4.14. The zero-order valence-corrected chi connectivity index (χ0v) is 13.3. The van der Waals surface area contributed by atoms with Crippen LogP contribution >= 0.6 is 0 Å². The number of benzene rings is 1. The fourth-order valence-electron chi connectivity index (χ4n) is 3.01. The Kier molecular flexibility index (Phi) is 3.92. The molecule has 0 spiro atoms. The van der Waals surface area contributed by atoms with Gasteiger partial charge in [-0.05, 0) is 30.2 Å². The molecule has 0 unspecified atom stereocenters. The van der Waals surface area contributed by atoms with Crippen LogP contribution in [-0.4, -0.2) is 31.5 Å². The van der Waals surface area contributed by atoms with Gasteiger partial charge in [-0.3, -0.25) is 9.88 Å². The first kappa shape index (κ1) is 14.8. The number of hydrogen-bond donors (Lipinski definition) is 1. The van der Waals surface area contributed by atoms with E-state index in [1.165, 1.54) is 5.56 Å². The summed E-state index contributed by atoms with van der Waals surface area (Å²) in [5.74, 6) is 1.06. The summed E-state index contributed by atoms with van der Waals surface area (Å²) in [6, 6.07) is 11.4. The Balaban J connectivity index is 1.57. The average Bonchev–Trinajstić information content (AvgIpc) is 2.64. The van der Waals surface area contributed by atoms with Crippen molar-refractivity contribution in [3.05, 3.63) is 71.8 Å². The zero-order valence-electron chi connectivity index (χ0n) is 13.3. The number of phenols is 1. The van der Waals surface area contributed by atoms with Gasteiger partial charge in [0.05, 0.1) is 5.69 Å². The molecule has 5 heteroatoms. The minimum absolute atomic E-state index is 0.349. The molecule has 5 nitrogen and oxygen atoms in total. The Morgan fingerprint density at radius 3 is 2.83 bits per heavy atom. The van der Waals surface area contributed by atoms with Crippen molar-refractivity contribution in [1.29, 1.82) is 0 Å². The molecule has 0 aliphatic carbocycles. The maximum atomic E-state index is 9.97. The van der Waals surface area contributed by atoms with Crippen LogP contribution < -0.4 is 0 Å². The quantitative estimate of drug-likeness (QED) is 0.804. The van der Waals surface area contributed by atoms with Crippen LogP contribution in [0.3, 0.4) is 0 Å². The van der Waals surface area contributed by atoms with Crippen LogP contribution in [0, 0.1) is 0 Å². The van der Waals surface area contributed by atoms with Crippen LogP contribution in [0.1, 0.15) is 16.8 Å². The number of rotatable bonds is 3. The number of nitrogens with zero attached hydrogens (tertiary/aromatic N) is 4. The molecule has 1 aliphatic heterocycles. The maximum absolute atomic E-state index is 9.97. The van der Waals surface area contributed by atoms with Gasteiger partial charge in [-0.25, -0.2) is 9.97 Å². The number of pyridine rings is 1. The highest BCUT2D eigenvalue weighted by Gasteiger charge is 2.19. The summed E-state index contributed by atoms with van der Waals surface area (Å²) < 4.78 is 0. The van der Waals surface area contributed by atoms with Crippen molar-refractivity contribution in [2.45, 2.75) is 19.5 Å². The van der Waals surface area contributed by atoms with Crippen molar-refractivity contribution in [3.8, 4) is 17.1 Å². The molecule has 0 fully saturated rings. The van der Waals surface area contributed by atoms with Gasteiger partial charge in [0.15, 0.2) is 5.82 Å². The van der Waals surface area contributed by atoms with E-state index in [1.807, 2.05) is 36.5 Å². The summed E-state index contributed by atoms with van der Waals surface area (Å²) in [6.45, 7) is 2.43. The van der Waals surface area contributed by atoms with Gasteiger partial charge in [0.2, 0.25) is 0 Å². The van der Waals surface area contributed by atoms with Crippen molar-refractivity contribution in [2.75, 3.05) is 6.54 Å². The lowest BCUT2D eigenvalue weighted by Crippen LogP contribution is -2.31. The molecule has 3 heterocycles. The molecule has 1 aliphatic rings. The van der Waals surface area contributed by atoms with Gasteiger partial charge in [0.1, 0.15) is 5.75 Å². The molecule has 1 aromatic carbocycles. The van der Waals surface area contributed by atoms with Gasteiger partial charge in [-0.2, -0.15) is 0 Å². The van der Waals surface area contributed by atoms with E-state index in [9.17, 15) is 5.11 Å². The third-order valence-corrected chi connectivity index (χ3v) is 4.33. The van der Waals surface area contributed by atoms with Crippen LogP contribution in [0.25, 0.3) is 11.4 Å². The van der Waals surface area contributed by atoms with Gasteiger partial charge >= 0.3 is 0 Å². The number of fused-ring (bicyclic) bond motifs is 1. The van der Waals surface area contributed by atoms with E-state index in [0.29, 0.717) is 11.6 Å². The molecule has 3 aromatic rings. The van der Waals surface area contributed by atoms with E-state index < -0.39 is 0 Å². The van der Waals surface area contributed by atoms with E-state index in [0.717, 1.165) is 42.9 Å². The normalized spacial score (nSPS) is 14.3.